The number of hydrogen-bond donors (Lipinski definition) is 3. The van der Waals surface area contributed by atoms with Gasteiger partial charge < -0.3 is 20.1 Å². The van der Waals surface area contributed by atoms with Gasteiger partial charge >= 0.3 is 0 Å². The number of likely N-dealkylation sites (N-methyl/N-ethyl adjacent to an activating group) is 2. The van der Waals surface area contributed by atoms with Crippen LogP contribution in [0.4, 0.5) is 0 Å². The fourth-order valence-electron chi connectivity index (χ4n) is 4.66. The fourth-order valence-corrected chi connectivity index (χ4v) is 4.66. The van der Waals surface area contributed by atoms with Gasteiger partial charge in [-0.25, -0.2) is 4.98 Å². The van der Waals surface area contributed by atoms with Crippen molar-refractivity contribution >= 4 is 11.8 Å². The molecule has 0 saturated carbocycles. The zero-order valence-electron chi connectivity index (χ0n) is 17.2. The highest BCUT2D eigenvalue weighted by Gasteiger charge is 2.48. The molecule has 0 aromatic carbocycles. The van der Waals surface area contributed by atoms with Gasteiger partial charge in [0.05, 0.1) is 25.4 Å². The molecule has 0 radical (unpaired) electrons. The topological polar surface area (TPSA) is 119 Å². The summed E-state index contributed by atoms with van der Waals surface area (Å²) >= 11 is 0. The molecule has 2 aromatic heterocycles. The van der Waals surface area contributed by atoms with E-state index in [9.17, 15) is 9.59 Å². The molecule has 0 spiro atoms. The van der Waals surface area contributed by atoms with Crippen LogP contribution in [0.15, 0.2) is 12.4 Å². The molecule has 2 amide bonds. The summed E-state index contributed by atoms with van der Waals surface area (Å²) in [6.07, 6.45) is 4.29. The number of carbonyl (C=O) groups is 2. The van der Waals surface area contributed by atoms with E-state index in [1.165, 1.54) is 0 Å². The highest BCUT2D eigenvalue weighted by molar-refractivity contribution is 5.93. The Labute approximate surface area is 164 Å². The summed E-state index contributed by atoms with van der Waals surface area (Å²) in [5, 5.41) is 9.61. The molecule has 28 heavy (non-hydrogen) atoms. The van der Waals surface area contributed by atoms with Gasteiger partial charge in [-0.1, -0.05) is 20.8 Å². The maximum absolute atomic E-state index is 12.8. The molecule has 9 heteroatoms. The first-order valence-corrected chi connectivity index (χ1v) is 9.52. The Hall–Kier alpha value is -2.68. The number of imidazole rings is 1. The number of nitrogens with zero attached hydrogens (tertiary/aromatic N) is 4. The van der Waals surface area contributed by atoms with E-state index < -0.39 is 5.91 Å². The molecule has 3 rings (SSSR count). The highest BCUT2D eigenvalue weighted by atomic mass is 16.2. The van der Waals surface area contributed by atoms with Crippen LogP contribution in [0.25, 0.3) is 11.4 Å². The van der Waals surface area contributed by atoms with E-state index in [1.54, 1.807) is 19.4 Å². The standard InChI is InChI=1S/C19H29N7O2/c1-19(2,3)15(18(28)21-4)26(5)8-6-7-25-13(11-26)14(16(20)27)24-17(25)12-9-22-23-10-12/h9-10,15H,6-8,11H2,1-5H3,(H3-,20,21,22,23,24,27,28)/p+1. The molecule has 4 N–H and O–H groups in total. The molecule has 2 atom stereocenters. The van der Waals surface area contributed by atoms with Crippen LogP contribution in [0.2, 0.25) is 0 Å². The van der Waals surface area contributed by atoms with Gasteiger partial charge in [0.2, 0.25) is 0 Å². The third kappa shape index (κ3) is 3.42. The van der Waals surface area contributed by atoms with Gasteiger partial charge in [0, 0.05) is 31.6 Å². The van der Waals surface area contributed by atoms with Crippen molar-refractivity contribution in [3.63, 3.8) is 0 Å². The summed E-state index contributed by atoms with van der Waals surface area (Å²) in [7, 11) is 3.75. The van der Waals surface area contributed by atoms with Crippen LogP contribution in [0.1, 0.15) is 43.4 Å². The number of nitrogens with one attached hydrogen (secondary N) is 2. The van der Waals surface area contributed by atoms with E-state index >= 15 is 0 Å². The number of nitrogens with two attached hydrogens (primary N) is 1. The van der Waals surface area contributed by atoms with Gasteiger partial charge in [-0.15, -0.1) is 0 Å². The first kappa shape index (κ1) is 20.1. The molecule has 0 aliphatic carbocycles. The average molecular weight is 388 g/mol. The van der Waals surface area contributed by atoms with Gasteiger partial charge in [0.1, 0.15) is 18.1 Å². The number of H-pyrrole nitrogens is 1. The van der Waals surface area contributed by atoms with E-state index in [1.807, 2.05) is 0 Å². The van der Waals surface area contributed by atoms with E-state index in [0.29, 0.717) is 23.4 Å². The maximum Gasteiger partial charge on any atom is 0.278 e. The van der Waals surface area contributed by atoms with Gasteiger partial charge in [-0.2, -0.15) is 5.10 Å². The van der Waals surface area contributed by atoms with Crippen molar-refractivity contribution in [3.05, 3.63) is 23.8 Å². The molecule has 0 saturated heterocycles. The summed E-state index contributed by atoms with van der Waals surface area (Å²) in [6, 6.07) is -0.281. The second-order valence-corrected chi connectivity index (χ2v) is 8.83. The first-order chi connectivity index (χ1) is 13.1. The molecular weight excluding hydrogens is 358 g/mol. The van der Waals surface area contributed by atoms with Gasteiger partial charge in [-0.05, 0) is 0 Å². The summed E-state index contributed by atoms with van der Waals surface area (Å²) in [5.41, 5.74) is 7.27. The summed E-state index contributed by atoms with van der Waals surface area (Å²) in [6.45, 7) is 8.23. The number of aromatic amines is 1. The molecule has 1 aliphatic heterocycles. The number of quaternary nitrogens is 1. The van der Waals surface area contributed by atoms with Crippen molar-refractivity contribution in [1.82, 2.24) is 25.1 Å². The van der Waals surface area contributed by atoms with Crippen molar-refractivity contribution in [2.24, 2.45) is 11.1 Å². The number of amides is 2. The minimum atomic E-state index is -0.556. The third-order valence-electron chi connectivity index (χ3n) is 5.56. The summed E-state index contributed by atoms with van der Waals surface area (Å²) < 4.78 is 2.54. The molecule has 152 valence electrons. The second-order valence-electron chi connectivity index (χ2n) is 8.83. The Balaban J connectivity index is 2.14. The first-order valence-electron chi connectivity index (χ1n) is 9.52. The van der Waals surface area contributed by atoms with Gasteiger partial charge in [0.15, 0.2) is 11.7 Å². The minimum Gasteiger partial charge on any atom is -0.364 e. The molecular formula is C19H30N7O2+. The Bertz CT molecular complexity index is 879. The predicted octanol–water partition coefficient (Wildman–Crippen LogP) is 0.883. The summed E-state index contributed by atoms with van der Waals surface area (Å²) in [5.74, 6) is 0.121. The lowest BCUT2D eigenvalue weighted by Crippen LogP contribution is -2.63. The normalized spacial score (nSPS) is 20.9. The molecule has 0 bridgehead atoms. The van der Waals surface area contributed by atoms with Crippen molar-refractivity contribution < 1.29 is 14.1 Å². The van der Waals surface area contributed by atoms with E-state index in [-0.39, 0.29) is 23.1 Å². The Morgan fingerprint density at radius 2 is 2.11 bits per heavy atom. The van der Waals surface area contributed by atoms with Crippen LogP contribution in [0.3, 0.4) is 0 Å². The molecule has 9 nitrogen and oxygen atoms in total. The zero-order chi connectivity index (χ0) is 20.7. The molecule has 3 heterocycles. The largest absolute Gasteiger partial charge is 0.364 e. The van der Waals surface area contributed by atoms with Crippen LogP contribution >= 0.6 is 0 Å². The smallest absolute Gasteiger partial charge is 0.278 e. The van der Waals surface area contributed by atoms with E-state index in [0.717, 1.165) is 24.2 Å². The Morgan fingerprint density at radius 1 is 1.39 bits per heavy atom. The second kappa shape index (κ2) is 7.05. The predicted molar refractivity (Wildman–Crippen MR) is 105 cm³/mol. The minimum absolute atomic E-state index is 0.00125. The van der Waals surface area contributed by atoms with Crippen LogP contribution in [-0.4, -0.2) is 62.7 Å². The number of primary amides is 1. The number of fused-ring (bicyclic) bond motifs is 1. The SMILES string of the molecule is CNC(=O)C(C(C)(C)C)[N+]1(C)CCCn2c(-c3cn[nH]c3)nc(C(N)=O)c2C1. The quantitative estimate of drug-likeness (QED) is 0.674. The number of aromatic nitrogens is 4. The average Bonchev–Trinajstić information content (AvgIpc) is 3.18. The van der Waals surface area contributed by atoms with E-state index in [2.05, 4.69) is 52.9 Å². The van der Waals surface area contributed by atoms with Crippen LogP contribution < -0.4 is 11.1 Å². The Morgan fingerprint density at radius 3 is 2.64 bits per heavy atom. The molecule has 2 aromatic rings. The van der Waals surface area contributed by atoms with Gasteiger partial charge in [0.25, 0.3) is 11.8 Å². The fraction of sp³-hybridized carbons (Fsp3) is 0.579. The Kier molecular flexibility index (Phi) is 5.05. The van der Waals surface area contributed by atoms with Crippen LogP contribution in [0, 0.1) is 5.41 Å². The molecule has 1 aliphatic rings. The van der Waals surface area contributed by atoms with Crippen LogP contribution in [0.5, 0.6) is 0 Å². The number of hydrogen-bond acceptors (Lipinski definition) is 4. The summed E-state index contributed by atoms with van der Waals surface area (Å²) in [4.78, 5) is 29.6. The lowest BCUT2D eigenvalue weighted by Gasteiger charge is -2.45. The highest BCUT2D eigenvalue weighted by Crippen LogP contribution is 2.35. The lowest BCUT2D eigenvalue weighted by atomic mass is 9.83. The lowest BCUT2D eigenvalue weighted by molar-refractivity contribution is -0.943. The number of carbonyl (C=O) groups excluding carboxylic acids is 2. The van der Waals surface area contributed by atoms with E-state index in [4.69, 9.17) is 5.73 Å². The molecule has 0 fully saturated rings. The van der Waals surface area contributed by atoms with Gasteiger partial charge in [-0.3, -0.25) is 14.7 Å². The maximum atomic E-state index is 12.8. The molecule has 2 unspecified atom stereocenters. The van der Waals surface area contributed by atoms with Crippen LogP contribution in [-0.2, 0) is 17.9 Å². The van der Waals surface area contributed by atoms with Crippen molar-refractivity contribution in [3.8, 4) is 11.4 Å². The van der Waals surface area contributed by atoms with Crippen molar-refractivity contribution in [2.75, 3.05) is 20.6 Å². The zero-order valence-corrected chi connectivity index (χ0v) is 17.2. The monoisotopic (exact) mass is 388 g/mol. The van der Waals surface area contributed by atoms with Crippen molar-refractivity contribution in [2.45, 2.75) is 46.3 Å². The van der Waals surface area contributed by atoms with Crippen molar-refractivity contribution in [1.29, 1.82) is 0 Å². The third-order valence-corrected chi connectivity index (χ3v) is 5.56. The number of rotatable bonds is 4.